The van der Waals surface area contributed by atoms with E-state index < -0.39 is 6.10 Å². The van der Waals surface area contributed by atoms with Crippen molar-refractivity contribution in [3.63, 3.8) is 0 Å². The van der Waals surface area contributed by atoms with Gasteiger partial charge in [-0.05, 0) is 26.0 Å². The van der Waals surface area contributed by atoms with Gasteiger partial charge in [-0.15, -0.1) is 0 Å². The molecule has 0 saturated heterocycles. The Kier molecular flexibility index (Phi) is 3.99. The fraction of sp³-hybridized carbons (Fsp3) is 0.273. The normalized spacial score (nSPS) is 12.4. The van der Waals surface area contributed by atoms with Crippen molar-refractivity contribution in [2.24, 2.45) is 0 Å². The van der Waals surface area contributed by atoms with E-state index in [0.29, 0.717) is 15.6 Å². The summed E-state index contributed by atoms with van der Waals surface area (Å²) < 4.78 is 0. The predicted octanol–water partition coefficient (Wildman–Crippen LogP) is 3.99. The van der Waals surface area contributed by atoms with Crippen molar-refractivity contribution in [1.29, 1.82) is 0 Å². The molecule has 1 unspecified atom stereocenters. The molecule has 14 heavy (non-hydrogen) atoms. The highest BCUT2D eigenvalue weighted by atomic mass is 35.5. The lowest BCUT2D eigenvalue weighted by atomic mass is 10.1. The number of hydrogen-bond acceptors (Lipinski definition) is 1. The van der Waals surface area contributed by atoms with Gasteiger partial charge in [-0.1, -0.05) is 40.9 Å². The molecule has 0 saturated carbocycles. The van der Waals surface area contributed by atoms with Crippen LogP contribution >= 0.6 is 23.2 Å². The van der Waals surface area contributed by atoms with E-state index in [1.807, 2.05) is 13.8 Å². The lowest BCUT2D eigenvalue weighted by molar-refractivity contribution is 0.228. The minimum Gasteiger partial charge on any atom is -0.384 e. The van der Waals surface area contributed by atoms with E-state index >= 15 is 0 Å². The molecule has 1 N–H and O–H groups in total. The summed E-state index contributed by atoms with van der Waals surface area (Å²) in [5.74, 6) is 0. The van der Waals surface area contributed by atoms with Crippen molar-refractivity contribution in [1.82, 2.24) is 0 Å². The van der Waals surface area contributed by atoms with Crippen molar-refractivity contribution >= 4 is 23.2 Å². The number of allylic oxidation sites excluding steroid dienone is 1. The molecule has 0 spiro atoms. The fourth-order valence-electron chi connectivity index (χ4n) is 1.15. The lowest BCUT2D eigenvalue weighted by Crippen LogP contribution is -1.94. The second kappa shape index (κ2) is 4.83. The summed E-state index contributed by atoms with van der Waals surface area (Å²) in [6.45, 7) is 3.85. The van der Waals surface area contributed by atoms with Crippen molar-refractivity contribution in [2.75, 3.05) is 0 Å². The number of aliphatic hydroxyl groups is 1. The first kappa shape index (κ1) is 11.6. The van der Waals surface area contributed by atoms with E-state index in [1.165, 1.54) is 0 Å². The Balaban J connectivity index is 3.02. The van der Waals surface area contributed by atoms with Gasteiger partial charge < -0.3 is 5.11 Å². The number of hydrogen-bond donors (Lipinski definition) is 1. The number of benzene rings is 1. The Bertz CT molecular complexity index is 354. The molecule has 0 radical (unpaired) electrons. The first-order chi connectivity index (χ1) is 6.50. The fourth-order valence-corrected chi connectivity index (χ4v) is 1.67. The third-order valence-electron chi connectivity index (χ3n) is 1.77. The zero-order chi connectivity index (χ0) is 10.7. The first-order valence-electron chi connectivity index (χ1n) is 4.28. The number of halogens is 2. The maximum absolute atomic E-state index is 9.76. The molecule has 0 heterocycles. The molecule has 1 aromatic carbocycles. The van der Waals surface area contributed by atoms with Crippen LogP contribution in [0.2, 0.25) is 10.0 Å². The first-order valence-corrected chi connectivity index (χ1v) is 5.04. The van der Waals surface area contributed by atoms with Gasteiger partial charge in [0.1, 0.15) is 0 Å². The van der Waals surface area contributed by atoms with E-state index in [4.69, 9.17) is 23.2 Å². The Labute approximate surface area is 94.0 Å². The molecule has 3 heteroatoms. The minimum absolute atomic E-state index is 0.488. The number of aliphatic hydroxyl groups excluding tert-OH is 1. The smallest absolute Gasteiger partial charge is 0.0988 e. The van der Waals surface area contributed by atoms with Gasteiger partial charge in [0.25, 0.3) is 0 Å². The zero-order valence-electron chi connectivity index (χ0n) is 8.09. The molecular formula is C11H12Cl2O. The third kappa shape index (κ3) is 3.02. The Morgan fingerprint density at radius 1 is 1.36 bits per heavy atom. The van der Waals surface area contributed by atoms with Gasteiger partial charge in [0.05, 0.1) is 6.10 Å². The quantitative estimate of drug-likeness (QED) is 0.763. The summed E-state index contributed by atoms with van der Waals surface area (Å²) in [6, 6.07) is 5.07. The average molecular weight is 231 g/mol. The van der Waals surface area contributed by atoms with E-state index in [-0.39, 0.29) is 0 Å². The summed E-state index contributed by atoms with van der Waals surface area (Å²) >= 11 is 11.7. The lowest BCUT2D eigenvalue weighted by Gasteiger charge is -2.09. The zero-order valence-corrected chi connectivity index (χ0v) is 9.60. The molecule has 1 atom stereocenters. The Morgan fingerprint density at radius 3 is 2.50 bits per heavy atom. The van der Waals surface area contributed by atoms with Crippen LogP contribution in [-0.4, -0.2) is 5.11 Å². The van der Waals surface area contributed by atoms with Crippen LogP contribution in [0, 0.1) is 0 Å². The highest BCUT2D eigenvalue weighted by molar-refractivity contribution is 6.35. The molecule has 0 aliphatic rings. The molecule has 0 aromatic heterocycles. The topological polar surface area (TPSA) is 20.2 Å². The second-order valence-corrected chi connectivity index (χ2v) is 4.20. The monoisotopic (exact) mass is 230 g/mol. The molecule has 76 valence electrons. The van der Waals surface area contributed by atoms with Crippen LogP contribution in [0.15, 0.2) is 29.8 Å². The van der Waals surface area contributed by atoms with E-state index in [1.54, 1.807) is 24.3 Å². The molecule has 0 bridgehead atoms. The van der Waals surface area contributed by atoms with Gasteiger partial charge in [-0.3, -0.25) is 0 Å². The Hall–Kier alpha value is -0.500. The highest BCUT2D eigenvalue weighted by Crippen LogP contribution is 2.27. The summed E-state index contributed by atoms with van der Waals surface area (Å²) in [7, 11) is 0. The predicted molar refractivity (Wildman–Crippen MR) is 60.9 cm³/mol. The summed E-state index contributed by atoms with van der Waals surface area (Å²) in [6.07, 6.45) is 1.08. The van der Waals surface area contributed by atoms with Crippen LogP contribution in [0.1, 0.15) is 25.5 Å². The number of rotatable bonds is 2. The van der Waals surface area contributed by atoms with Gasteiger partial charge in [0.15, 0.2) is 0 Å². The second-order valence-electron chi connectivity index (χ2n) is 3.35. The maximum Gasteiger partial charge on any atom is 0.0988 e. The molecule has 1 rings (SSSR count). The SMILES string of the molecule is CC(C)=CC(O)c1ccc(Cl)cc1Cl. The van der Waals surface area contributed by atoms with Gasteiger partial charge in [0, 0.05) is 15.6 Å². The molecule has 0 aliphatic carbocycles. The van der Waals surface area contributed by atoms with E-state index in [9.17, 15) is 5.11 Å². The summed E-state index contributed by atoms with van der Waals surface area (Å²) in [5, 5.41) is 10.8. The van der Waals surface area contributed by atoms with Crippen molar-refractivity contribution < 1.29 is 5.11 Å². The van der Waals surface area contributed by atoms with Gasteiger partial charge >= 0.3 is 0 Å². The van der Waals surface area contributed by atoms with Gasteiger partial charge in [-0.2, -0.15) is 0 Å². The van der Waals surface area contributed by atoms with Crippen LogP contribution in [0.4, 0.5) is 0 Å². The van der Waals surface area contributed by atoms with Gasteiger partial charge in [-0.25, -0.2) is 0 Å². The highest BCUT2D eigenvalue weighted by Gasteiger charge is 2.08. The average Bonchev–Trinajstić information content (AvgIpc) is 2.01. The molecular weight excluding hydrogens is 219 g/mol. The van der Waals surface area contributed by atoms with Crippen molar-refractivity contribution in [3.8, 4) is 0 Å². The maximum atomic E-state index is 9.76. The standard InChI is InChI=1S/C11H12Cl2O/c1-7(2)5-11(14)9-4-3-8(12)6-10(9)13/h3-6,11,14H,1-2H3. The molecule has 1 nitrogen and oxygen atoms in total. The third-order valence-corrected chi connectivity index (χ3v) is 2.33. The van der Waals surface area contributed by atoms with Crippen LogP contribution < -0.4 is 0 Å². The molecule has 1 aromatic rings. The van der Waals surface area contributed by atoms with E-state index in [2.05, 4.69) is 0 Å². The molecule has 0 aliphatic heterocycles. The van der Waals surface area contributed by atoms with Gasteiger partial charge in [0.2, 0.25) is 0 Å². The largest absolute Gasteiger partial charge is 0.384 e. The molecule has 0 fully saturated rings. The van der Waals surface area contributed by atoms with Crippen LogP contribution in [-0.2, 0) is 0 Å². The summed E-state index contributed by atoms with van der Waals surface area (Å²) in [4.78, 5) is 0. The van der Waals surface area contributed by atoms with Crippen LogP contribution in [0.3, 0.4) is 0 Å². The van der Waals surface area contributed by atoms with Crippen molar-refractivity contribution in [3.05, 3.63) is 45.5 Å². The summed E-state index contributed by atoms with van der Waals surface area (Å²) in [5.41, 5.74) is 1.72. The Morgan fingerprint density at radius 2 is 2.00 bits per heavy atom. The van der Waals surface area contributed by atoms with E-state index in [0.717, 1.165) is 5.57 Å². The van der Waals surface area contributed by atoms with Crippen LogP contribution in [0.5, 0.6) is 0 Å². The van der Waals surface area contributed by atoms with Crippen molar-refractivity contribution in [2.45, 2.75) is 20.0 Å². The van der Waals surface area contributed by atoms with Crippen LogP contribution in [0.25, 0.3) is 0 Å². The minimum atomic E-state index is -0.662. The molecule has 0 amide bonds.